The number of hydrogen-bond acceptors (Lipinski definition) is 3. The van der Waals surface area contributed by atoms with E-state index in [-0.39, 0.29) is 11.5 Å². The first-order valence-corrected chi connectivity index (χ1v) is 16.5. The minimum Gasteiger partial charge on any atom is -0.508 e. The van der Waals surface area contributed by atoms with Crippen LogP contribution in [0.4, 0.5) is 17.1 Å². The molecule has 0 unspecified atom stereocenters. The van der Waals surface area contributed by atoms with Crippen LogP contribution in [0.25, 0.3) is 61.9 Å². The van der Waals surface area contributed by atoms with Crippen molar-refractivity contribution in [3.8, 4) is 39.4 Å². The van der Waals surface area contributed by atoms with Crippen LogP contribution in [0.1, 0.15) is 11.1 Å². The zero-order valence-electron chi connectivity index (χ0n) is 27.4. The van der Waals surface area contributed by atoms with E-state index >= 15 is 0 Å². The molecule has 0 saturated heterocycles. The number of phenolic OH excluding ortho intramolecular Hbond substituents is 2. The second-order valence-electron chi connectivity index (χ2n) is 12.3. The molecular formula is C46H34N2O2. The molecule has 0 aliphatic carbocycles. The Kier molecular flexibility index (Phi) is 7.75. The summed E-state index contributed by atoms with van der Waals surface area (Å²) in [6.07, 6.45) is 3.71. The molecule has 0 fully saturated rings. The topological polar surface area (TPSA) is 48.6 Å². The first kappa shape index (κ1) is 30.5. The van der Waals surface area contributed by atoms with Crippen molar-refractivity contribution in [1.29, 1.82) is 0 Å². The fourth-order valence-corrected chi connectivity index (χ4v) is 6.70. The minimum atomic E-state index is 0.186. The highest BCUT2D eigenvalue weighted by molar-refractivity contribution is 6.10. The molecule has 0 spiro atoms. The maximum atomic E-state index is 10.3. The molecule has 50 heavy (non-hydrogen) atoms. The second-order valence-corrected chi connectivity index (χ2v) is 12.3. The van der Waals surface area contributed by atoms with Gasteiger partial charge < -0.3 is 19.7 Å². The molecule has 240 valence electrons. The largest absolute Gasteiger partial charge is 0.508 e. The van der Waals surface area contributed by atoms with E-state index < -0.39 is 0 Å². The molecule has 0 bridgehead atoms. The van der Waals surface area contributed by atoms with Gasteiger partial charge in [0.15, 0.2) is 0 Å². The van der Waals surface area contributed by atoms with Gasteiger partial charge in [-0.1, -0.05) is 98.1 Å². The summed E-state index contributed by atoms with van der Waals surface area (Å²) < 4.78 is 2.16. The van der Waals surface area contributed by atoms with Gasteiger partial charge in [-0.25, -0.2) is 0 Å². The van der Waals surface area contributed by atoms with Gasteiger partial charge in [-0.2, -0.15) is 0 Å². The predicted molar refractivity (Wildman–Crippen MR) is 210 cm³/mol. The van der Waals surface area contributed by atoms with Crippen LogP contribution >= 0.6 is 0 Å². The molecule has 1 aromatic heterocycles. The van der Waals surface area contributed by atoms with Gasteiger partial charge in [0.1, 0.15) is 11.5 Å². The molecule has 4 heteroatoms. The van der Waals surface area contributed by atoms with E-state index in [2.05, 4.69) is 144 Å². The highest BCUT2D eigenvalue weighted by atomic mass is 16.3. The van der Waals surface area contributed by atoms with Crippen molar-refractivity contribution in [2.24, 2.45) is 0 Å². The zero-order chi connectivity index (χ0) is 34.2. The van der Waals surface area contributed by atoms with Crippen molar-refractivity contribution in [3.05, 3.63) is 182 Å². The molecule has 8 aromatic rings. The molecule has 7 aromatic carbocycles. The maximum absolute atomic E-state index is 10.3. The average Bonchev–Trinajstić information content (AvgIpc) is 3.48. The standard InChI is InChI=1S/C46H34N2O2/c1-3-31-5-9-33(10-6-31)35-13-17-37(18-14-35)47(38-19-15-36(16-20-38)34-11-7-32(4-2)8-12-34)39-21-23-40(24-22-39)48-45-27-25-41(49)29-43(45)44-30-42(50)26-28-46(44)48/h3-30,49-50H,1-2H2. The van der Waals surface area contributed by atoms with E-state index in [0.29, 0.717) is 0 Å². The fraction of sp³-hybridized carbons (Fsp3) is 0. The zero-order valence-corrected chi connectivity index (χ0v) is 27.4. The van der Waals surface area contributed by atoms with Crippen LogP contribution in [-0.2, 0) is 0 Å². The molecule has 0 amide bonds. The number of anilines is 3. The molecule has 0 aliphatic rings. The first-order chi connectivity index (χ1) is 24.5. The van der Waals surface area contributed by atoms with Crippen molar-refractivity contribution in [1.82, 2.24) is 4.57 Å². The van der Waals surface area contributed by atoms with Gasteiger partial charge in [0.05, 0.1) is 11.0 Å². The second kappa shape index (κ2) is 12.7. The van der Waals surface area contributed by atoms with Crippen LogP contribution in [0.3, 0.4) is 0 Å². The van der Waals surface area contributed by atoms with Gasteiger partial charge >= 0.3 is 0 Å². The Morgan fingerprint density at radius 1 is 0.420 bits per heavy atom. The summed E-state index contributed by atoms with van der Waals surface area (Å²) in [6, 6.07) is 53.4. The Labute approximate surface area is 291 Å². The number of hydrogen-bond donors (Lipinski definition) is 2. The lowest BCUT2D eigenvalue weighted by Gasteiger charge is -2.26. The summed E-state index contributed by atoms with van der Waals surface area (Å²) >= 11 is 0. The Hall–Kier alpha value is -6.78. The summed E-state index contributed by atoms with van der Waals surface area (Å²) in [6.45, 7) is 7.75. The number of benzene rings is 7. The molecule has 1 heterocycles. The van der Waals surface area contributed by atoms with Crippen molar-refractivity contribution in [3.63, 3.8) is 0 Å². The SMILES string of the molecule is C=Cc1ccc(-c2ccc(N(c3ccc(-c4ccc(C=C)cc4)cc3)c3ccc(-n4c5ccc(O)cc5c5cc(O)ccc54)cc3)cc2)cc1. The first-order valence-electron chi connectivity index (χ1n) is 16.5. The average molecular weight is 647 g/mol. The predicted octanol–water partition coefficient (Wildman–Crippen LogP) is 12.3. The monoisotopic (exact) mass is 646 g/mol. The summed E-state index contributed by atoms with van der Waals surface area (Å²) in [5.74, 6) is 0.371. The van der Waals surface area contributed by atoms with E-state index in [1.807, 2.05) is 24.3 Å². The van der Waals surface area contributed by atoms with Gasteiger partial charge in [-0.15, -0.1) is 0 Å². The lowest BCUT2D eigenvalue weighted by molar-refractivity contribution is 0.475. The number of nitrogens with zero attached hydrogens (tertiary/aromatic N) is 2. The Balaban J connectivity index is 1.20. The van der Waals surface area contributed by atoms with Crippen LogP contribution in [0, 0.1) is 0 Å². The number of aromatic hydroxyl groups is 2. The molecule has 0 atom stereocenters. The quantitative estimate of drug-likeness (QED) is 0.173. The smallest absolute Gasteiger partial charge is 0.116 e. The normalized spacial score (nSPS) is 11.1. The summed E-state index contributed by atoms with van der Waals surface area (Å²) in [5.41, 5.74) is 12.7. The Morgan fingerprint density at radius 2 is 0.760 bits per heavy atom. The van der Waals surface area contributed by atoms with Crippen LogP contribution in [0.2, 0.25) is 0 Å². The highest BCUT2D eigenvalue weighted by Crippen LogP contribution is 2.39. The third kappa shape index (κ3) is 5.59. The van der Waals surface area contributed by atoms with Gasteiger partial charge in [-0.05, 0) is 118 Å². The highest BCUT2D eigenvalue weighted by Gasteiger charge is 2.17. The van der Waals surface area contributed by atoms with E-state index in [4.69, 9.17) is 0 Å². The summed E-state index contributed by atoms with van der Waals surface area (Å²) in [5, 5.41) is 22.3. The van der Waals surface area contributed by atoms with E-state index in [9.17, 15) is 10.2 Å². The van der Waals surface area contributed by atoms with Crippen LogP contribution < -0.4 is 4.90 Å². The molecule has 0 radical (unpaired) electrons. The number of fused-ring (bicyclic) bond motifs is 3. The van der Waals surface area contributed by atoms with Crippen molar-refractivity contribution < 1.29 is 10.2 Å². The third-order valence-corrected chi connectivity index (χ3v) is 9.31. The number of phenols is 2. The van der Waals surface area contributed by atoms with E-state index in [1.54, 1.807) is 24.3 Å². The Bertz CT molecular complexity index is 2340. The number of aromatic nitrogens is 1. The minimum absolute atomic E-state index is 0.186. The van der Waals surface area contributed by atoms with Gasteiger partial charge in [-0.3, -0.25) is 0 Å². The molecule has 4 nitrogen and oxygen atoms in total. The van der Waals surface area contributed by atoms with E-state index in [0.717, 1.165) is 77.9 Å². The molecule has 8 rings (SSSR count). The third-order valence-electron chi connectivity index (χ3n) is 9.31. The van der Waals surface area contributed by atoms with E-state index in [1.165, 1.54) is 0 Å². The van der Waals surface area contributed by atoms with Crippen molar-refractivity contribution >= 4 is 51.0 Å². The fourth-order valence-electron chi connectivity index (χ4n) is 6.70. The summed E-state index contributed by atoms with van der Waals surface area (Å²) in [4.78, 5) is 2.26. The van der Waals surface area contributed by atoms with Crippen LogP contribution in [-0.4, -0.2) is 14.8 Å². The summed E-state index contributed by atoms with van der Waals surface area (Å²) in [7, 11) is 0. The molecule has 0 aliphatic heterocycles. The lowest BCUT2D eigenvalue weighted by atomic mass is 10.0. The molecular weight excluding hydrogens is 613 g/mol. The van der Waals surface area contributed by atoms with Gasteiger partial charge in [0.25, 0.3) is 0 Å². The van der Waals surface area contributed by atoms with Crippen LogP contribution in [0.15, 0.2) is 171 Å². The van der Waals surface area contributed by atoms with Gasteiger partial charge in [0.2, 0.25) is 0 Å². The van der Waals surface area contributed by atoms with Crippen molar-refractivity contribution in [2.75, 3.05) is 4.90 Å². The van der Waals surface area contributed by atoms with Crippen molar-refractivity contribution in [2.45, 2.75) is 0 Å². The lowest BCUT2D eigenvalue weighted by Crippen LogP contribution is -2.10. The Morgan fingerprint density at radius 3 is 1.12 bits per heavy atom. The van der Waals surface area contributed by atoms with Gasteiger partial charge in [0, 0.05) is 33.5 Å². The maximum Gasteiger partial charge on any atom is 0.116 e. The molecule has 2 N–H and O–H groups in total. The molecule has 0 saturated carbocycles. The number of rotatable bonds is 8. The van der Waals surface area contributed by atoms with Crippen LogP contribution in [0.5, 0.6) is 11.5 Å².